The van der Waals surface area contributed by atoms with Gasteiger partial charge in [0.05, 0.1) is 11.1 Å². The largest absolute Gasteiger partial charge is 0.394 e. The van der Waals surface area contributed by atoms with Gasteiger partial charge in [-0.15, -0.1) is 0 Å². The van der Waals surface area contributed by atoms with Crippen LogP contribution in [-0.4, -0.2) is 10.1 Å². The Morgan fingerprint density at radius 1 is 1.50 bits per heavy atom. The van der Waals surface area contributed by atoms with E-state index in [1.807, 2.05) is 6.92 Å². The normalized spacial score (nSPS) is 10.3. The van der Waals surface area contributed by atoms with Crippen molar-refractivity contribution in [2.45, 2.75) is 6.92 Å². The zero-order chi connectivity index (χ0) is 11.7. The highest BCUT2D eigenvalue weighted by Crippen LogP contribution is 2.33. The maximum Gasteiger partial charge on any atom is 0.280 e. The van der Waals surface area contributed by atoms with Gasteiger partial charge in [0.15, 0.2) is 5.76 Å². The van der Waals surface area contributed by atoms with Crippen molar-refractivity contribution in [3.63, 3.8) is 0 Å². The molecule has 6 nitrogen and oxygen atoms in total. The molecule has 0 aliphatic carbocycles. The molecule has 16 heavy (non-hydrogen) atoms. The minimum absolute atomic E-state index is 0.0472. The molecule has 0 bridgehead atoms. The van der Waals surface area contributed by atoms with Crippen molar-refractivity contribution < 1.29 is 9.45 Å². The lowest BCUT2D eigenvalue weighted by molar-refractivity contribution is -0.384. The van der Waals surface area contributed by atoms with E-state index in [1.165, 1.54) is 12.3 Å². The third-order valence-electron chi connectivity index (χ3n) is 2.19. The Labute approximate surface area is 90.8 Å². The van der Waals surface area contributed by atoms with Gasteiger partial charge in [-0.2, -0.15) is 0 Å². The second-order valence-corrected chi connectivity index (χ2v) is 3.39. The average Bonchev–Trinajstić information content (AvgIpc) is 2.63. The van der Waals surface area contributed by atoms with Gasteiger partial charge in [0.25, 0.3) is 5.69 Å². The van der Waals surface area contributed by atoms with Crippen LogP contribution >= 0.6 is 0 Å². The number of hydrogen-bond acceptors (Lipinski definition) is 5. The number of aryl methyl sites for hydroxylation is 1. The number of nitro groups is 1. The zero-order valence-corrected chi connectivity index (χ0v) is 8.51. The second kappa shape index (κ2) is 3.65. The lowest BCUT2D eigenvalue weighted by atomic mass is 10.1. The molecule has 0 atom stereocenters. The lowest BCUT2D eigenvalue weighted by Crippen LogP contribution is -1.93. The van der Waals surface area contributed by atoms with Gasteiger partial charge in [0.1, 0.15) is 11.3 Å². The first-order valence-electron chi connectivity index (χ1n) is 4.55. The van der Waals surface area contributed by atoms with E-state index in [0.29, 0.717) is 5.56 Å². The van der Waals surface area contributed by atoms with Crippen molar-refractivity contribution in [1.29, 1.82) is 0 Å². The number of rotatable bonds is 2. The van der Waals surface area contributed by atoms with Gasteiger partial charge in [-0.1, -0.05) is 11.2 Å². The number of aromatic nitrogens is 1. The first-order chi connectivity index (χ1) is 7.59. The van der Waals surface area contributed by atoms with Crippen molar-refractivity contribution in [2.75, 3.05) is 5.73 Å². The summed E-state index contributed by atoms with van der Waals surface area (Å²) in [4.78, 5) is 10.4. The van der Waals surface area contributed by atoms with Crippen LogP contribution in [0.2, 0.25) is 0 Å². The predicted octanol–water partition coefficient (Wildman–Crippen LogP) is 2.14. The van der Waals surface area contributed by atoms with Crippen molar-refractivity contribution in [3.8, 4) is 11.3 Å². The number of nitro benzene ring substituents is 1. The van der Waals surface area contributed by atoms with Crippen LogP contribution in [-0.2, 0) is 0 Å². The highest BCUT2D eigenvalue weighted by atomic mass is 16.6. The molecule has 0 radical (unpaired) electrons. The number of benzene rings is 1. The Morgan fingerprint density at radius 3 is 2.81 bits per heavy atom. The van der Waals surface area contributed by atoms with Crippen LogP contribution in [0.3, 0.4) is 0 Å². The highest BCUT2D eigenvalue weighted by molar-refractivity contribution is 5.77. The van der Waals surface area contributed by atoms with E-state index in [1.54, 1.807) is 12.1 Å². The number of hydrogen-bond donors (Lipinski definition) is 1. The summed E-state index contributed by atoms with van der Waals surface area (Å²) in [6.07, 6.45) is 1.32. The number of nitrogens with two attached hydrogens (primary N) is 1. The molecular formula is C10H9N3O3. The van der Waals surface area contributed by atoms with E-state index >= 15 is 0 Å². The molecule has 0 spiro atoms. The minimum Gasteiger partial charge on any atom is -0.394 e. The van der Waals surface area contributed by atoms with Gasteiger partial charge in [-0.25, -0.2) is 0 Å². The van der Waals surface area contributed by atoms with Crippen LogP contribution in [0.15, 0.2) is 28.9 Å². The maximum absolute atomic E-state index is 10.8. The summed E-state index contributed by atoms with van der Waals surface area (Å²) < 4.78 is 4.92. The summed E-state index contributed by atoms with van der Waals surface area (Å²) in [7, 11) is 0. The summed E-state index contributed by atoms with van der Waals surface area (Å²) in [5.41, 5.74) is 7.08. The van der Waals surface area contributed by atoms with E-state index in [4.69, 9.17) is 10.3 Å². The van der Waals surface area contributed by atoms with E-state index < -0.39 is 4.92 Å². The Morgan fingerprint density at radius 2 is 2.25 bits per heavy atom. The maximum atomic E-state index is 10.8. The molecule has 1 aromatic carbocycles. The molecule has 0 aliphatic heterocycles. The van der Waals surface area contributed by atoms with Gasteiger partial charge in [-0.05, 0) is 18.6 Å². The molecule has 82 valence electrons. The standard InChI is InChI=1S/C10H9N3O3/c1-6-2-3-9(13(14)15)7(4-6)10-8(11)5-12-16-10/h2-5H,11H2,1H3. The van der Waals surface area contributed by atoms with Crippen molar-refractivity contribution in [2.24, 2.45) is 0 Å². The molecule has 0 unspecified atom stereocenters. The summed E-state index contributed by atoms with van der Waals surface area (Å²) in [6, 6.07) is 4.73. The fourth-order valence-corrected chi connectivity index (χ4v) is 1.44. The summed E-state index contributed by atoms with van der Waals surface area (Å²) >= 11 is 0. The van der Waals surface area contributed by atoms with Gasteiger partial charge < -0.3 is 10.3 Å². The summed E-state index contributed by atoms with van der Waals surface area (Å²) in [5.74, 6) is 0.232. The topological polar surface area (TPSA) is 95.2 Å². The van der Waals surface area contributed by atoms with Gasteiger partial charge in [-0.3, -0.25) is 10.1 Å². The summed E-state index contributed by atoms with van der Waals surface area (Å²) in [6.45, 7) is 1.83. The monoisotopic (exact) mass is 219 g/mol. The molecule has 1 aromatic heterocycles. The van der Waals surface area contributed by atoms with Crippen molar-refractivity contribution >= 4 is 11.4 Å². The first kappa shape index (κ1) is 10.2. The predicted molar refractivity (Wildman–Crippen MR) is 57.7 cm³/mol. The Hall–Kier alpha value is -2.37. The molecule has 0 fully saturated rings. The van der Waals surface area contributed by atoms with Crippen molar-refractivity contribution in [3.05, 3.63) is 40.1 Å². The number of nitrogen functional groups attached to an aromatic ring is 1. The van der Waals surface area contributed by atoms with E-state index in [-0.39, 0.29) is 17.1 Å². The first-order valence-corrected chi connectivity index (χ1v) is 4.55. The average molecular weight is 219 g/mol. The van der Waals surface area contributed by atoms with Crippen LogP contribution < -0.4 is 5.73 Å². The van der Waals surface area contributed by atoms with Gasteiger partial charge in [0.2, 0.25) is 0 Å². The quantitative estimate of drug-likeness (QED) is 0.616. The molecule has 2 N–H and O–H groups in total. The molecule has 6 heteroatoms. The molecule has 0 amide bonds. The molecule has 0 aliphatic rings. The SMILES string of the molecule is Cc1ccc([N+](=O)[O-])c(-c2oncc2N)c1. The van der Waals surface area contributed by atoms with Gasteiger partial charge >= 0.3 is 0 Å². The van der Waals surface area contributed by atoms with Gasteiger partial charge in [0, 0.05) is 6.07 Å². The second-order valence-electron chi connectivity index (χ2n) is 3.39. The number of anilines is 1. The van der Waals surface area contributed by atoms with Crippen LogP contribution in [0.5, 0.6) is 0 Å². The Bertz CT molecular complexity index is 548. The summed E-state index contributed by atoms with van der Waals surface area (Å²) in [5, 5.41) is 14.3. The smallest absolute Gasteiger partial charge is 0.280 e. The third-order valence-corrected chi connectivity index (χ3v) is 2.19. The molecule has 0 saturated heterocycles. The molecular weight excluding hydrogens is 210 g/mol. The minimum atomic E-state index is -0.475. The Balaban J connectivity index is 2.67. The van der Waals surface area contributed by atoms with Crippen LogP contribution in [0.25, 0.3) is 11.3 Å². The molecule has 1 heterocycles. The third kappa shape index (κ3) is 1.60. The molecule has 0 saturated carbocycles. The Kier molecular flexibility index (Phi) is 2.32. The van der Waals surface area contributed by atoms with E-state index in [0.717, 1.165) is 5.56 Å². The molecule has 2 aromatic rings. The van der Waals surface area contributed by atoms with Crippen LogP contribution in [0.4, 0.5) is 11.4 Å². The van der Waals surface area contributed by atoms with Crippen molar-refractivity contribution in [1.82, 2.24) is 5.16 Å². The van der Waals surface area contributed by atoms with E-state index in [2.05, 4.69) is 5.16 Å². The zero-order valence-electron chi connectivity index (χ0n) is 8.51. The molecule has 2 rings (SSSR count). The van der Waals surface area contributed by atoms with Crippen LogP contribution in [0.1, 0.15) is 5.56 Å². The fourth-order valence-electron chi connectivity index (χ4n) is 1.44. The fraction of sp³-hybridized carbons (Fsp3) is 0.100. The number of nitrogens with zero attached hydrogens (tertiary/aromatic N) is 2. The lowest BCUT2D eigenvalue weighted by Gasteiger charge is -2.01. The van der Waals surface area contributed by atoms with E-state index in [9.17, 15) is 10.1 Å². The highest BCUT2D eigenvalue weighted by Gasteiger charge is 2.20. The van der Waals surface area contributed by atoms with Crippen LogP contribution in [0, 0.1) is 17.0 Å².